The van der Waals surface area contributed by atoms with Crippen molar-refractivity contribution in [1.82, 2.24) is 0 Å². The summed E-state index contributed by atoms with van der Waals surface area (Å²) in [4.78, 5) is 0. The zero-order valence-corrected chi connectivity index (χ0v) is 9.32. The SMILES string of the molecule is OC(O)([SiH3])CCCOCC1CO1. The average Bonchev–Trinajstić information content (AvgIpc) is 2.68. The zero-order valence-electron chi connectivity index (χ0n) is 7.32. The predicted octanol–water partition coefficient (Wildman–Crippen LogP) is -1.81. The number of hydrogen-bond donors (Lipinski definition) is 2. The highest BCUT2D eigenvalue weighted by atomic mass is 28.1. The Morgan fingerprint density at radius 2 is 2.25 bits per heavy atom. The van der Waals surface area contributed by atoms with Gasteiger partial charge in [0.1, 0.15) is 11.5 Å². The summed E-state index contributed by atoms with van der Waals surface area (Å²) in [6.45, 7) is 2.04. The molecule has 1 rings (SSSR count). The highest BCUT2D eigenvalue weighted by Crippen LogP contribution is 2.09. The van der Waals surface area contributed by atoms with Crippen LogP contribution >= 0.6 is 0 Å². The average molecular weight is 192 g/mol. The molecule has 1 aliphatic rings. The first-order valence-electron chi connectivity index (χ1n) is 4.22. The van der Waals surface area contributed by atoms with Crippen LogP contribution < -0.4 is 0 Å². The first kappa shape index (κ1) is 10.1. The Morgan fingerprint density at radius 3 is 2.75 bits per heavy atom. The minimum Gasteiger partial charge on any atom is -0.379 e. The van der Waals surface area contributed by atoms with Crippen LogP contribution in [0.5, 0.6) is 0 Å². The van der Waals surface area contributed by atoms with E-state index in [9.17, 15) is 0 Å². The molecule has 1 saturated heterocycles. The van der Waals surface area contributed by atoms with Gasteiger partial charge in [-0.3, -0.25) is 0 Å². The summed E-state index contributed by atoms with van der Waals surface area (Å²) in [7, 11) is 0.386. The van der Waals surface area contributed by atoms with Crippen molar-refractivity contribution >= 4 is 10.2 Å². The largest absolute Gasteiger partial charge is 0.379 e. The van der Waals surface area contributed by atoms with Crippen molar-refractivity contribution in [3.05, 3.63) is 0 Å². The Labute approximate surface area is 74.9 Å². The molecule has 1 fully saturated rings. The smallest absolute Gasteiger partial charge is 0.135 e. The number of rotatable bonds is 6. The molecule has 12 heavy (non-hydrogen) atoms. The van der Waals surface area contributed by atoms with Crippen LogP contribution in [0.3, 0.4) is 0 Å². The maximum atomic E-state index is 8.98. The second-order valence-corrected chi connectivity index (χ2v) is 4.95. The first-order chi connectivity index (χ1) is 5.58. The Bertz CT molecular complexity index is 130. The highest BCUT2D eigenvalue weighted by Gasteiger charge is 2.22. The van der Waals surface area contributed by atoms with E-state index in [0.717, 1.165) is 6.61 Å². The summed E-state index contributed by atoms with van der Waals surface area (Å²) in [6, 6.07) is 0. The van der Waals surface area contributed by atoms with Gasteiger partial charge in [0.25, 0.3) is 0 Å². The Morgan fingerprint density at radius 1 is 1.58 bits per heavy atom. The van der Waals surface area contributed by atoms with Crippen LogP contribution in [0.15, 0.2) is 0 Å². The molecule has 0 spiro atoms. The molecule has 0 aliphatic carbocycles. The maximum absolute atomic E-state index is 8.98. The van der Waals surface area contributed by atoms with Crippen molar-refractivity contribution in [2.75, 3.05) is 19.8 Å². The Balaban J connectivity index is 1.82. The standard InChI is InChI=1S/C7H16O4Si/c8-7(9,12)2-1-3-10-4-6-5-11-6/h6,8-9H,1-5H2,12H3. The van der Waals surface area contributed by atoms with Crippen LogP contribution in [0.25, 0.3) is 0 Å². The number of hydrogen-bond acceptors (Lipinski definition) is 4. The molecule has 5 heteroatoms. The molecule has 0 amide bonds. The summed E-state index contributed by atoms with van der Waals surface area (Å²) in [6.07, 6.45) is 1.41. The molecule has 2 N–H and O–H groups in total. The quantitative estimate of drug-likeness (QED) is 0.225. The molecular weight excluding hydrogens is 176 g/mol. The molecule has 1 atom stereocenters. The molecule has 1 unspecified atom stereocenters. The summed E-state index contributed by atoms with van der Waals surface area (Å²) < 4.78 is 10.2. The summed E-state index contributed by atoms with van der Waals surface area (Å²) in [5, 5.41) is 18.0. The van der Waals surface area contributed by atoms with Gasteiger partial charge in [-0.1, -0.05) is 0 Å². The lowest BCUT2D eigenvalue weighted by molar-refractivity contribution is -0.0942. The van der Waals surface area contributed by atoms with Crippen LogP contribution in [0.2, 0.25) is 0 Å². The molecule has 0 aromatic heterocycles. The number of epoxide rings is 1. The van der Waals surface area contributed by atoms with E-state index in [-0.39, 0.29) is 0 Å². The fourth-order valence-electron chi connectivity index (χ4n) is 0.888. The van der Waals surface area contributed by atoms with Crippen LogP contribution in [0, 0.1) is 0 Å². The van der Waals surface area contributed by atoms with Gasteiger partial charge in [0.2, 0.25) is 0 Å². The van der Waals surface area contributed by atoms with Crippen LogP contribution in [-0.2, 0) is 9.47 Å². The van der Waals surface area contributed by atoms with E-state index in [4.69, 9.17) is 19.7 Å². The topological polar surface area (TPSA) is 62.2 Å². The van der Waals surface area contributed by atoms with Gasteiger partial charge in [0.15, 0.2) is 0 Å². The van der Waals surface area contributed by atoms with Gasteiger partial charge in [-0.05, 0) is 12.8 Å². The molecule has 1 heterocycles. The molecule has 1 aliphatic heterocycles. The second kappa shape index (κ2) is 4.34. The van der Waals surface area contributed by atoms with Gasteiger partial charge in [-0.2, -0.15) is 0 Å². The Hall–Kier alpha value is 0.0569. The normalized spacial score (nSPS) is 23.0. The van der Waals surface area contributed by atoms with Gasteiger partial charge in [-0.15, -0.1) is 0 Å². The maximum Gasteiger partial charge on any atom is 0.135 e. The number of aliphatic hydroxyl groups is 2. The van der Waals surface area contributed by atoms with Crippen molar-refractivity contribution in [3.63, 3.8) is 0 Å². The lowest BCUT2D eigenvalue weighted by Gasteiger charge is -2.15. The first-order valence-corrected chi connectivity index (χ1v) is 5.22. The number of ether oxygens (including phenoxy) is 2. The minimum absolute atomic E-state index is 0.300. The third kappa shape index (κ3) is 5.67. The van der Waals surface area contributed by atoms with Crippen LogP contribution in [-0.4, -0.2) is 51.8 Å². The van der Waals surface area contributed by atoms with Gasteiger partial charge in [-0.25, -0.2) is 0 Å². The Kier molecular flexibility index (Phi) is 3.67. The third-order valence-corrected chi connectivity index (χ3v) is 2.15. The van der Waals surface area contributed by atoms with E-state index >= 15 is 0 Å². The van der Waals surface area contributed by atoms with E-state index in [1.165, 1.54) is 0 Å². The van der Waals surface area contributed by atoms with Gasteiger partial charge in [0.05, 0.1) is 23.5 Å². The molecule has 0 bridgehead atoms. The van der Waals surface area contributed by atoms with E-state index in [2.05, 4.69) is 0 Å². The van der Waals surface area contributed by atoms with E-state index < -0.39 is 5.41 Å². The molecule has 72 valence electrons. The van der Waals surface area contributed by atoms with Crippen molar-refractivity contribution in [1.29, 1.82) is 0 Å². The van der Waals surface area contributed by atoms with E-state index in [1.807, 2.05) is 0 Å². The molecule has 0 saturated carbocycles. The molecule has 0 aromatic rings. The van der Waals surface area contributed by atoms with Gasteiger partial charge < -0.3 is 19.7 Å². The molecule has 0 aromatic carbocycles. The van der Waals surface area contributed by atoms with Crippen LogP contribution in [0.4, 0.5) is 0 Å². The molecule has 0 radical (unpaired) electrons. The summed E-state index contributed by atoms with van der Waals surface area (Å²) >= 11 is 0. The summed E-state index contributed by atoms with van der Waals surface area (Å²) in [5.41, 5.74) is -1.42. The predicted molar refractivity (Wildman–Crippen MR) is 46.9 cm³/mol. The van der Waals surface area contributed by atoms with Gasteiger partial charge >= 0.3 is 0 Å². The minimum atomic E-state index is -1.42. The summed E-state index contributed by atoms with van der Waals surface area (Å²) in [5.74, 6) is 0. The van der Waals surface area contributed by atoms with Crippen molar-refractivity contribution in [2.24, 2.45) is 0 Å². The zero-order chi connectivity index (χ0) is 9.03. The van der Waals surface area contributed by atoms with Crippen LogP contribution in [0.1, 0.15) is 12.8 Å². The molecular formula is C7H16O4Si. The van der Waals surface area contributed by atoms with Crippen molar-refractivity contribution < 1.29 is 19.7 Å². The lowest BCUT2D eigenvalue weighted by atomic mass is 10.3. The highest BCUT2D eigenvalue weighted by molar-refractivity contribution is 6.12. The van der Waals surface area contributed by atoms with Gasteiger partial charge in [0, 0.05) is 6.61 Å². The molecule has 4 nitrogen and oxygen atoms in total. The van der Waals surface area contributed by atoms with E-state index in [1.54, 1.807) is 0 Å². The van der Waals surface area contributed by atoms with Crippen molar-refractivity contribution in [3.8, 4) is 0 Å². The monoisotopic (exact) mass is 192 g/mol. The van der Waals surface area contributed by atoms with E-state index in [0.29, 0.717) is 42.4 Å². The second-order valence-electron chi connectivity index (χ2n) is 3.35. The third-order valence-electron chi connectivity index (χ3n) is 1.65. The fourth-order valence-corrected chi connectivity index (χ4v) is 1.24. The lowest BCUT2D eigenvalue weighted by Crippen LogP contribution is -2.28. The van der Waals surface area contributed by atoms with Crippen molar-refractivity contribution in [2.45, 2.75) is 24.4 Å². The fraction of sp³-hybridized carbons (Fsp3) is 1.00.